The van der Waals surface area contributed by atoms with Crippen molar-refractivity contribution in [3.63, 3.8) is 0 Å². The molecule has 0 atom stereocenters. The molecule has 2 heterocycles. The van der Waals surface area contributed by atoms with Gasteiger partial charge in [0.1, 0.15) is 5.82 Å². The topological polar surface area (TPSA) is 79.4 Å². The number of amides is 3. The van der Waals surface area contributed by atoms with Crippen molar-refractivity contribution in [2.45, 2.75) is 13.8 Å². The molecule has 30 heavy (non-hydrogen) atoms. The summed E-state index contributed by atoms with van der Waals surface area (Å²) in [5.41, 5.74) is 5.02. The number of nitrogens with zero attached hydrogens (tertiary/aromatic N) is 2. The summed E-state index contributed by atoms with van der Waals surface area (Å²) in [6.45, 7) is 3.52. The van der Waals surface area contributed by atoms with Crippen molar-refractivity contribution in [2.24, 2.45) is 0 Å². The lowest BCUT2D eigenvalue weighted by atomic mass is 10.0. The van der Waals surface area contributed by atoms with E-state index in [1.165, 1.54) is 18.2 Å². The first-order valence-corrected chi connectivity index (χ1v) is 9.37. The second-order valence-electron chi connectivity index (χ2n) is 6.89. The number of aryl methyl sites for hydroxylation is 2. The number of pyridine rings is 1. The van der Waals surface area contributed by atoms with Crippen molar-refractivity contribution in [3.05, 3.63) is 81.3 Å². The maximum Gasteiger partial charge on any atom is 0.282 e. The van der Waals surface area contributed by atoms with E-state index >= 15 is 0 Å². The summed E-state index contributed by atoms with van der Waals surface area (Å²) >= 11 is 5.93. The van der Waals surface area contributed by atoms with Gasteiger partial charge in [-0.1, -0.05) is 29.3 Å². The highest BCUT2D eigenvalue weighted by Gasteiger charge is 2.40. The monoisotopic (exact) mass is 423 g/mol. The van der Waals surface area contributed by atoms with Crippen molar-refractivity contribution < 1.29 is 18.8 Å². The van der Waals surface area contributed by atoms with Gasteiger partial charge in [0.2, 0.25) is 0 Å². The molecule has 0 unspecified atom stereocenters. The smallest absolute Gasteiger partial charge is 0.268 e. The quantitative estimate of drug-likeness (QED) is 0.510. The molecule has 1 aromatic heterocycles. The Morgan fingerprint density at radius 3 is 2.57 bits per heavy atom. The molecule has 3 aromatic rings. The third kappa shape index (κ3) is 3.33. The van der Waals surface area contributed by atoms with E-state index in [2.05, 4.69) is 10.4 Å². The summed E-state index contributed by atoms with van der Waals surface area (Å²) < 4.78 is 13.1. The molecule has 0 saturated carbocycles. The molecule has 1 N–H and O–H groups in total. The molecular formula is C22H15ClFN3O3. The fourth-order valence-corrected chi connectivity index (χ4v) is 3.58. The summed E-state index contributed by atoms with van der Waals surface area (Å²) in [5.74, 6) is -2.49. The average Bonchev–Trinajstić information content (AvgIpc) is 2.93. The van der Waals surface area contributed by atoms with Crippen LogP contribution in [0.4, 0.5) is 4.39 Å². The molecule has 6 nitrogen and oxygen atoms in total. The van der Waals surface area contributed by atoms with Crippen LogP contribution in [0.3, 0.4) is 0 Å². The lowest BCUT2D eigenvalue weighted by Gasteiger charge is -2.13. The van der Waals surface area contributed by atoms with Gasteiger partial charge in [-0.05, 0) is 49.8 Å². The minimum absolute atomic E-state index is 0.128. The van der Waals surface area contributed by atoms with Crippen LogP contribution in [0.25, 0.3) is 17.0 Å². The minimum atomic E-state index is -0.712. The molecule has 0 spiro atoms. The normalized spacial score (nSPS) is 13.4. The van der Waals surface area contributed by atoms with Crippen LogP contribution >= 0.6 is 11.6 Å². The highest BCUT2D eigenvalue weighted by Crippen LogP contribution is 2.31. The van der Waals surface area contributed by atoms with Crippen LogP contribution in [0, 0.1) is 19.7 Å². The van der Waals surface area contributed by atoms with Crippen LogP contribution in [0.15, 0.2) is 42.5 Å². The Morgan fingerprint density at radius 1 is 1.10 bits per heavy atom. The Bertz CT molecular complexity index is 1290. The maximum absolute atomic E-state index is 13.1. The summed E-state index contributed by atoms with van der Waals surface area (Å²) in [5, 5.41) is 1.36. The number of nitrogens with one attached hydrogen (secondary N) is 1. The minimum Gasteiger partial charge on any atom is -0.268 e. The third-order valence-corrected chi connectivity index (χ3v) is 5.08. The van der Waals surface area contributed by atoms with E-state index in [1.54, 1.807) is 19.1 Å². The SMILES string of the molecule is Cc1ccc2nc(C)c3c(c2c1)C(=O)N(NC(=O)C=Cc1ccc(F)cc1Cl)C3=O. The van der Waals surface area contributed by atoms with Crippen molar-refractivity contribution in [3.8, 4) is 0 Å². The summed E-state index contributed by atoms with van der Waals surface area (Å²) in [6, 6.07) is 9.17. The Balaban J connectivity index is 1.63. The predicted molar refractivity (Wildman–Crippen MR) is 110 cm³/mol. The van der Waals surface area contributed by atoms with Crippen LogP contribution in [0.1, 0.15) is 37.5 Å². The molecule has 0 radical (unpaired) electrons. The van der Waals surface area contributed by atoms with Crippen LogP contribution < -0.4 is 5.43 Å². The van der Waals surface area contributed by atoms with Crippen LogP contribution in [0.5, 0.6) is 0 Å². The van der Waals surface area contributed by atoms with Crippen molar-refractivity contribution in [1.29, 1.82) is 0 Å². The molecule has 1 aliphatic heterocycles. The van der Waals surface area contributed by atoms with E-state index in [0.717, 1.165) is 17.7 Å². The third-order valence-electron chi connectivity index (χ3n) is 4.75. The van der Waals surface area contributed by atoms with Gasteiger partial charge in [-0.2, -0.15) is 5.01 Å². The first kappa shape index (κ1) is 19.7. The van der Waals surface area contributed by atoms with E-state index in [9.17, 15) is 18.8 Å². The molecule has 8 heteroatoms. The molecule has 0 bridgehead atoms. The van der Waals surface area contributed by atoms with Gasteiger partial charge in [0.25, 0.3) is 17.7 Å². The second kappa shape index (κ2) is 7.35. The highest BCUT2D eigenvalue weighted by molar-refractivity contribution is 6.32. The number of carbonyl (C=O) groups is 3. The van der Waals surface area contributed by atoms with Gasteiger partial charge >= 0.3 is 0 Å². The number of hydrogen-bond acceptors (Lipinski definition) is 4. The van der Waals surface area contributed by atoms with Crippen molar-refractivity contribution in [2.75, 3.05) is 0 Å². The number of hydrogen-bond donors (Lipinski definition) is 1. The fourth-order valence-electron chi connectivity index (χ4n) is 3.35. The standard InChI is InChI=1S/C22H15ClFN3O3/c1-11-3-7-17-15(9-11)20-19(12(2)25-17)21(29)27(22(20)30)26-18(28)8-5-13-4-6-14(24)10-16(13)23/h3-10H,1-2H3,(H,26,28). The van der Waals surface area contributed by atoms with E-state index in [4.69, 9.17) is 11.6 Å². The largest absolute Gasteiger partial charge is 0.282 e. The number of hydrazine groups is 1. The van der Waals surface area contributed by atoms with Gasteiger partial charge in [-0.25, -0.2) is 4.39 Å². The van der Waals surface area contributed by atoms with Gasteiger partial charge in [0, 0.05) is 11.5 Å². The highest BCUT2D eigenvalue weighted by atomic mass is 35.5. The number of rotatable bonds is 3. The van der Waals surface area contributed by atoms with E-state index in [0.29, 0.717) is 27.2 Å². The van der Waals surface area contributed by atoms with Crippen LogP contribution in [-0.4, -0.2) is 27.7 Å². The number of halogens is 2. The average molecular weight is 424 g/mol. The van der Waals surface area contributed by atoms with Crippen molar-refractivity contribution in [1.82, 2.24) is 15.4 Å². The number of benzene rings is 2. The van der Waals surface area contributed by atoms with Gasteiger partial charge in [0.15, 0.2) is 0 Å². The Kier molecular flexibility index (Phi) is 4.83. The Labute approximate surface area is 175 Å². The summed E-state index contributed by atoms with van der Waals surface area (Å²) in [6.07, 6.45) is 2.47. The van der Waals surface area contributed by atoms with Gasteiger partial charge < -0.3 is 0 Å². The van der Waals surface area contributed by atoms with Gasteiger partial charge in [0.05, 0.1) is 27.4 Å². The van der Waals surface area contributed by atoms with Gasteiger partial charge in [-0.15, -0.1) is 0 Å². The molecule has 150 valence electrons. The summed E-state index contributed by atoms with van der Waals surface area (Å²) in [7, 11) is 0. The molecule has 4 rings (SSSR count). The predicted octanol–water partition coefficient (Wildman–Crippen LogP) is 3.98. The van der Waals surface area contributed by atoms with Crippen molar-refractivity contribution >= 4 is 46.3 Å². The molecule has 1 aliphatic rings. The number of fused-ring (bicyclic) bond motifs is 3. The molecule has 2 aromatic carbocycles. The zero-order valence-corrected chi connectivity index (χ0v) is 16.7. The van der Waals surface area contributed by atoms with Crippen LogP contribution in [0.2, 0.25) is 5.02 Å². The molecule has 0 fully saturated rings. The first-order chi connectivity index (χ1) is 14.3. The number of aromatic nitrogens is 1. The zero-order valence-electron chi connectivity index (χ0n) is 16.0. The number of imide groups is 1. The number of carbonyl (C=O) groups excluding carboxylic acids is 3. The second-order valence-corrected chi connectivity index (χ2v) is 7.30. The lowest BCUT2D eigenvalue weighted by molar-refractivity contribution is -0.119. The van der Waals surface area contributed by atoms with Gasteiger partial charge in [-0.3, -0.25) is 24.8 Å². The fraction of sp³-hybridized carbons (Fsp3) is 0.0909. The molecule has 3 amide bonds. The van der Waals surface area contributed by atoms with E-state index in [-0.39, 0.29) is 16.1 Å². The Morgan fingerprint density at radius 2 is 1.83 bits per heavy atom. The first-order valence-electron chi connectivity index (χ1n) is 9.00. The molecular weight excluding hydrogens is 409 g/mol. The van der Waals surface area contributed by atoms with E-state index < -0.39 is 23.5 Å². The summed E-state index contributed by atoms with van der Waals surface area (Å²) in [4.78, 5) is 42.5. The van der Waals surface area contributed by atoms with E-state index in [1.807, 2.05) is 13.0 Å². The molecule has 0 saturated heterocycles. The van der Waals surface area contributed by atoms with Crippen LogP contribution in [-0.2, 0) is 4.79 Å². The zero-order chi connectivity index (χ0) is 21.6. The molecule has 0 aliphatic carbocycles. The maximum atomic E-state index is 13.1. The Hall–Kier alpha value is -3.58. The lowest BCUT2D eigenvalue weighted by Crippen LogP contribution is -2.45.